The summed E-state index contributed by atoms with van der Waals surface area (Å²) in [5.41, 5.74) is 0. The fourth-order valence-corrected chi connectivity index (χ4v) is 2.32. The predicted octanol–water partition coefficient (Wildman–Crippen LogP) is 0.938. The van der Waals surface area contributed by atoms with Crippen LogP contribution in [0.2, 0.25) is 0 Å². The van der Waals surface area contributed by atoms with E-state index in [9.17, 15) is 0 Å². The molecule has 0 aromatic carbocycles. The van der Waals surface area contributed by atoms with Gasteiger partial charge in [-0.15, -0.1) is 0 Å². The van der Waals surface area contributed by atoms with Crippen LogP contribution >= 0.6 is 0 Å². The fraction of sp³-hybridized carbons (Fsp3) is 1.00. The van der Waals surface area contributed by atoms with Crippen LogP contribution in [0.3, 0.4) is 0 Å². The number of rotatable bonds is 3. The summed E-state index contributed by atoms with van der Waals surface area (Å²) in [7, 11) is 0. The molecule has 0 spiro atoms. The third-order valence-electron chi connectivity index (χ3n) is 3.29. The van der Waals surface area contributed by atoms with E-state index < -0.39 is 0 Å². The Labute approximate surface area is 75.3 Å². The summed E-state index contributed by atoms with van der Waals surface area (Å²) in [5.74, 6) is 1.96. The maximum absolute atomic E-state index is 3.42. The van der Waals surface area contributed by atoms with Gasteiger partial charge < -0.3 is 10.2 Å². The molecular weight excluding hydrogens is 148 g/mol. The van der Waals surface area contributed by atoms with Crippen LogP contribution in [-0.4, -0.2) is 37.6 Å². The summed E-state index contributed by atoms with van der Waals surface area (Å²) in [6.45, 7) is 8.89. The van der Waals surface area contributed by atoms with Crippen LogP contribution in [0, 0.1) is 11.8 Å². The number of likely N-dealkylation sites (tertiary alicyclic amines) is 1. The third kappa shape index (κ3) is 1.80. The lowest BCUT2D eigenvalue weighted by molar-refractivity contribution is 0.0821. The summed E-state index contributed by atoms with van der Waals surface area (Å²) in [5, 5.41) is 3.42. The van der Waals surface area contributed by atoms with Gasteiger partial charge in [-0.2, -0.15) is 0 Å². The molecule has 0 amide bonds. The highest BCUT2D eigenvalue weighted by Gasteiger charge is 2.27. The zero-order valence-electron chi connectivity index (χ0n) is 8.05. The summed E-state index contributed by atoms with van der Waals surface area (Å²) in [6, 6.07) is 0. The van der Waals surface area contributed by atoms with Gasteiger partial charge in [0, 0.05) is 19.6 Å². The lowest BCUT2D eigenvalue weighted by Gasteiger charge is -2.40. The summed E-state index contributed by atoms with van der Waals surface area (Å²) >= 11 is 0. The van der Waals surface area contributed by atoms with Crippen LogP contribution in [0.1, 0.15) is 19.8 Å². The van der Waals surface area contributed by atoms with Gasteiger partial charge in [-0.1, -0.05) is 13.3 Å². The third-order valence-corrected chi connectivity index (χ3v) is 3.29. The Morgan fingerprint density at radius 1 is 1.33 bits per heavy atom. The largest absolute Gasteiger partial charge is 0.316 e. The molecule has 0 radical (unpaired) electrons. The molecule has 0 saturated carbocycles. The molecule has 2 aliphatic rings. The van der Waals surface area contributed by atoms with Crippen LogP contribution in [0.5, 0.6) is 0 Å². The number of hydrogen-bond donors (Lipinski definition) is 1. The zero-order valence-corrected chi connectivity index (χ0v) is 8.05. The maximum atomic E-state index is 3.42. The van der Waals surface area contributed by atoms with E-state index in [1.165, 1.54) is 45.6 Å². The minimum Gasteiger partial charge on any atom is -0.316 e. The molecular formula is C10H20N2. The highest BCUT2D eigenvalue weighted by atomic mass is 15.2. The van der Waals surface area contributed by atoms with Crippen LogP contribution in [-0.2, 0) is 0 Å². The molecule has 0 aromatic rings. The van der Waals surface area contributed by atoms with E-state index in [0.29, 0.717) is 0 Å². The van der Waals surface area contributed by atoms with Gasteiger partial charge in [-0.05, 0) is 31.3 Å². The number of hydrogen-bond acceptors (Lipinski definition) is 2. The fourth-order valence-electron chi connectivity index (χ4n) is 2.32. The SMILES string of the molecule is CCC1CN(CC2CCNC2)C1. The monoisotopic (exact) mass is 168 g/mol. The quantitative estimate of drug-likeness (QED) is 0.674. The molecule has 2 heteroatoms. The number of nitrogens with one attached hydrogen (secondary N) is 1. The van der Waals surface area contributed by atoms with Gasteiger partial charge in [0.2, 0.25) is 0 Å². The van der Waals surface area contributed by atoms with E-state index in [4.69, 9.17) is 0 Å². The van der Waals surface area contributed by atoms with E-state index in [1.54, 1.807) is 0 Å². The summed E-state index contributed by atoms with van der Waals surface area (Å²) < 4.78 is 0. The molecule has 2 fully saturated rings. The molecule has 12 heavy (non-hydrogen) atoms. The van der Waals surface area contributed by atoms with Gasteiger partial charge in [-0.3, -0.25) is 0 Å². The highest BCUT2D eigenvalue weighted by Crippen LogP contribution is 2.21. The minimum absolute atomic E-state index is 0.947. The molecule has 2 saturated heterocycles. The van der Waals surface area contributed by atoms with E-state index >= 15 is 0 Å². The van der Waals surface area contributed by atoms with Crippen molar-refractivity contribution < 1.29 is 0 Å². The van der Waals surface area contributed by atoms with E-state index in [0.717, 1.165) is 11.8 Å². The van der Waals surface area contributed by atoms with Gasteiger partial charge in [0.25, 0.3) is 0 Å². The first-order chi connectivity index (χ1) is 5.88. The van der Waals surface area contributed by atoms with Crippen molar-refractivity contribution in [2.75, 3.05) is 32.7 Å². The number of nitrogens with zero attached hydrogens (tertiary/aromatic N) is 1. The van der Waals surface area contributed by atoms with E-state index in [2.05, 4.69) is 17.1 Å². The molecule has 2 rings (SSSR count). The van der Waals surface area contributed by atoms with Crippen molar-refractivity contribution >= 4 is 0 Å². The first-order valence-corrected chi connectivity index (χ1v) is 5.31. The first-order valence-electron chi connectivity index (χ1n) is 5.31. The van der Waals surface area contributed by atoms with Crippen molar-refractivity contribution in [1.29, 1.82) is 0 Å². The highest BCUT2D eigenvalue weighted by molar-refractivity contribution is 4.82. The average molecular weight is 168 g/mol. The van der Waals surface area contributed by atoms with E-state index in [1.807, 2.05) is 0 Å². The molecule has 1 unspecified atom stereocenters. The minimum atomic E-state index is 0.947. The molecule has 0 bridgehead atoms. The topological polar surface area (TPSA) is 15.3 Å². The summed E-state index contributed by atoms with van der Waals surface area (Å²) in [4.78, 5) is 2.62. The van der Waals surface area contributed by atoms with Gasteiger partial charge in [-0.25, -0.2) is 0 Å². The Morgan fingerprint density at radius 2 is 2.17 bits per heavy atom. The molecule has 1 atom stereocenters. The lowest BCUT2D eigenvalue weighted by Crippen LogP contribution is -2.48. The second-order valence-electron chi connectivity index (χ2n) is 4.35. The van der Waals surface area contributed by atoms with Crippen LogP contribution in [0.25, 0.3) is 0 Å². The summed E-state index contributed by atoms with van der Waals surface area (Å²) in [6.07, 6.45) is 2.77. The Balaban J connectivity index is 1.62. The molecule has 0 aromatic heterocycles. The van der Waals surface area contributed by atoms with Crippen molar-refractivity contribution in [2.24, 2.45) is 11.8 Å². The standard InChI is InChI=1S/C10H20N2/c1-2-9-6-12(7-9)8-10-3-4-11-5-10/h9-11H,2-8H2,1H3. The second-order valence-corrected chi connectivity index (χ2v) is 4.35. The van der Waals surface area contributed by atoms with Crippen molar-refractivity contribution in [1.82, 2.24) is 10.2 Å². The Kier molecular flexibility index (Phi) is 2.66. The van der Waals surface area contributed by atoms with Crippen molar-refractivity contribution in [3.63, 3.8) is 0 Å². The van der Waals surface area contributed by atoms with Crippen molar-refractivity contribution in [3.05, 3.63) is 0 Å². The van der Waals surface area contributed by atoms with Gasteiger partial charge >= 0.3 is 0 Å². The normalized spacial score (nSPS) is 32.2. The Morgan fingerprint density at radius 3 is 2.75 bits per heavy atom. The van der Waals surface area contributed by atoms with Gasteiger partial charge in [0.15, 0.2) is 0 Å². The van der Waals surface area contributed by atoms with Crippen molar-refractivity contribution in [2.45, 2.75) is 19.8 Å². The first kappa shape index (κ1) is 8.52. The van der Waals surface area contributed by atoms with Gasteiger partial charge in [0.05, 0.1) is 0 Å². The van der Waals surface area contributed by atoms with Gasteiger partial charge in [0.1, 0.15) is 0 Å². The average Bonchev–Trinajstić information content (AvgIpc) is 2.47. The molecule has 2 aliphatic heterocycles. The Hall–Kier alpha value is -0.0800. The predicted molar refractivity (Wildman–Crippen MR) is 51.2 cm³/mol. The zero-order chi connectivity index (χ0) is 8.39. The maximum Gasteiger partial charge on any atom is 0.00225 e. The molecule has 70 valence electrons. The second kappa shape index (κ2) is 3.75. The molecule has 1 N–H and O–H groups in total. The van der Waals surface area contributed by atoms with E-state index in [-0.39, 0.29) is 0 Å². The van der Waals surface area contributed by atoms with Crippen molar-refractivity contribution in [3.8, 4) is 0 Å². The lowest BCUT2D eigenvalue weighted by atomic mass is 9.95. The smallest absolute Gasteiger partial charge is 0.00225 e. The Bertz CT molecular complexity index is 135. The molecule has 2 nitrogen and oxygen atoms in total. The molecule has 0 aliphatic carbocycles. The van der Waals surface area contributed by atoms with Crippen LogP contribution < -0.4 is 5.32 Å². The van der Waals surface area contributed by atoms with Crippen LogP contribution in [0.15, 0.2) is 0 Å². The molecule has 2 heterocycles. The van der Waals surface area contributed by atoms with Crippen LogP contribution in [0.4, 0.5) is 0 Å².